The topological polar surface area (TPSA) is 242 Å². The number of epoxide rings is 2. The molecule has 122 heavy (non-hydrogen) atoms. The second kappa shape index (κ2) is 34.0. The minimum Gasteiger partial charge on any atom is -0.464 e. The molecular formula is C102H122N2O18. The molecule has 9 aromatic carbocycles. The van der Waals surface area contributed by atoms with Crippen LogP contribution in [0, 0.1) is 21.7 Å². The Morgan fingerprint density at radius 1 is 0.344 bits per heavy atom. The van der Waals surface area contributed by atoms with Gasteiger partial charge in [0.05, 0.1) is 48.3 Å². The smallest absolute Gasteiger partial charge is 0.329 e. The van der Waals surface area contributed by atoms with E-state index in [2.05, 4.69) is 138 Å². The lowest BCUT2D eigenvalue weighted by atomic mass is 9.72. The Morgan fingerprint density at radius 2 is 0.574 bits per heavy atom. The number of esters is 4. The lowest BCUT2D eigenvalue weighted by molar-refractivity contribution is -0.154. The molecule has 0 N–H and O–H groups in total. The van der Waals surface area contributed by atoms with E-state index in [-0.39, 0.29) is 183 Å². The first-order valence-electron chi connectivity index (χ1n) is 43.3. The van der Waals surface area contributed by atoms with Crippen molar-refractivity contribution >= 4 is 90.6 Å². The summed E-state index contributed by atoms with van der Waals surface area (Å²) in [6.45, 7) is 47.9. The van der Waals surface area contributed by atoms with E-state index in [0.717, 1.165) is 57.7 Å². The summed E-state index contributed by atoms with van der Waals surface area (Å²) in [6.07, 6.45) is 2.87. The van der Waals surface area contributed by atoms with Crippen LogP contribution in [-0.2, 0) is 69.3 Å². The van der Waals surface area contributed by atoms with Crippen LogP contribution in [0.4, 0.5) is 0 Å². The number of hydrogen-bond donors (Lipinski definition) is 0. The molecule has 4 aliphatic rings. The van der Waals surface area contributed by atoms with Crippen molar-refractivity contribution in [3.63, 3.8) is 0 Å². The molecule has 0 aromatic heterocycles. The number of hydrogen-bond acceptors (Lipinski definition) is 18. The average molecular weight is 1660 g/mol. The van der Waals surface area contributed by atoms with Gasteiger partial charge in [0.25, 0.3) is 23.6 Å². The third kappa shape index (κ3) is 19.8. The summed E-state index contributed by atoms with van der Waals surface area (Å²) in [5.74, 6) is -5.01. The fourth-order valence-corrected chi connectivity index (χ4v) is 19.3. The number of rotatable bonds is 34. The molecule has 4 unspecified atom stereocenters. The lowest BCUT2D eigenvalue weighted by Gasteiger charge is -2.35. The Kier molecular flexibility index (Phi) is 24.9. The molecule has 648 valence electrons. The van der Waals surface area contributed by atoms with Gasteiger partial charge in [-0.3, -0.25) is 38.6 Å². The fourth-order valence-electron chi connectivity index (χ4n) is 19.3. The predicted molar refractivity (Wildman–Crippen MR) is 473 cm³/mol. The van der Waals surface area contributed by atoms with Gasteiger partial charge in [-0.1, -0.05) is 214 Å². The van der Waals surface area contributed by atoms with Crippen molar-refractivity contribution in [3.8, 4) is 46.0 Å². The Hall–Kier alpha value is -10.4. The summed E-state index contributed by atoms with van der Waals surface area (Å²) < 4.78 is 62.9. The normalized spacial score (nSPS) is 16.4. The van der Waals surface area contributed by atoms with Crippen molar-refractivity contribution < 1.29 is 85.7 Å². The largest absolute Gasteiger partial charge is 0.464 e. The molecule has 2 fully saturated rings. The van der Waals surface area contributed by atoms with Crippen LogP contribution in [0.15, 0.2) is 121 Å². The maximum Gasteiger partial charge on any atom is 0.329 e. The molecule has 0 radical (unpaired) electrons. The van der Waals surface area contributed by atoms with Crippen LogP contribution in [-0.4, -0.2) is 121 Å². The van der Waals surface area contributed by atoms with E-state index in [9.17, 15) is 19.2 Å². The molecule has 4 amide bonds. The molecular weight excluding hydrogens is 1540 g/mol. The second-order valence-electron chi connectivity index (χ2n) is 41.4. The van der Waals surface area contributed by atoms with E-state index < -0.39 is 72.8 Å². The van der Waals surface area contributed by atoms with Gasteiger partial charge in [0.1, 0.15) is 96.7 Å². The molecule has 4 aliphatic heterocycles. The first-order valence-corrected chi connectivity index (χ1v) is 43.3. The summed E-state index contributed by atoms with van der Waals surface area (Å²) in [7, 11) is 0. The highest BCUT2D eigenvalue weighted by Gasteiger charge is 2.48. The van der Waals surface area contributed by atoms with Gasteiger partial charge in [0.15, 0.2) is 0 Å². The van der Waals surface area contributed by atoms with Crippen molar-refractivity contribution in [2.75, 3.05) is 39.6 Å². The van der Waals surface area contributed by atoms with Gasteiger partial charge in [-0.25, -0.2) is 9.59 Å². The molecule has 20 nitrogen and oxygen atoms in total. The highest BCUT2D eigenvalue weighted by Crippen LogP contribution is 2.59. The van der Waals surface area contributed by atoms with Crippen molar-refractivity contribution in [1.29, 1.82) is 0 Å². The number of imide groups is 2. The van der Waals surface area contributed by atoms with E-state index >= 15 is 19.2 Å². The first kappa shape index (κ1) is 89.3. The Labute approximate surface area is 717 Å². The van der Waals surface area contributed by atoms with E-state index in [1.54, 1.807) is 24.3 Å². The molecule has 0 aliphatic carbocycles. The molecule has 4 heterocycles. The highest BCUT2D eigenvalue weighted by atomic mass is 16.6. The number of amides is 4. The van der Waals surface area contributed by atoms with E-state index in [1.807, 2.05) is 111 Å². The zero-order valence-corrected chi connectivity index (χ0v) is 75.4. The van der Waals surface area contributed by atoms with Gasteiger partial charge in [-0.15, -0.1) is 0 Å². The third-order valence-corrected chi connectivity index (χ3v) is 23.4. The Morgan fingerprint density at radius 3 is 0.779 bits per heavy atom. The van der Waals surface area contributed by atoms with Crippen molar-refractivity contribution in [2.24, 2.45) is 21.7 Å². The van der Waals surface area contributed by atoms with Gasteiger partial charge in [-0.2, -0.15) is 0 Å². The number of fused-ring (bicyclic) bond motifs is 2. The summed E-state index contributed by atoms with van der Waals surface area (Å²) in [6, 6.07) is 34.4. The number of carbonyl (C=O) groups is 8. The standard InChI is InChI=1S/C102H122N2O18/c1-23-25-73(93(111)113-45-43-79(105)117-53-67-51-115-67)103-89(107)69-47-75(119-63-35-27-59(28-36-63)99(15,16)55-95(3,4)5)83-85-77(121-65-39-31-61(32-40-65)101(19,20)57-97(9,10)11)49-71-82-72(92(110)104(91(71)109)74(26-24-2)94(112)114-46-44-80(106)118-54-68-52-116-68)50-78(122-66-41-33-62(34-42-66)102(21,22)58-98(12,13)14)86(88(82)85)84-76(48-70(90(103)108)81(69)87(83)84)120-64-37-29-60(30-38-64)100(17,18)56-96(6,7)8/h27-42,47-50,67-68,73-74H,23-26,43-46,51-58H2,1-22H3. The number of ether oxygens (including phenoxy) is 10. The summed E-state index contributed by atoms with van der Waals surface area (Å²) >= 11 is 0. The molecule has 9 aromatic rings. The Bertz CT molecular complexity index is 4890. The van der Waals surface area contributed by atoms with Crippen LogP contribution in [0.1, 0.15) is 280 Å². The summed E-state index contributed by atoms with van der Waals surface area (Å²) in [5, 5.41) is 1.79. The zero-order valence-electron chi connectivity index (χ0n) is 75.4. The third-order valence-electron chi connectivity index (χ3n) is 23.4. The van der Waals surface area contributed by atoms with E-state index in [1.165, 1.54) is 0 Å². The molecule has 13 rings (SSSR count). The van der Waals surface area contributed by atoms with Crippen LogP contribution in [0.5, 0.6) is 46.0 Å². The second-order valence-corrected chi connectivity index (χ2v) is 41.4. The van der Waals surface area contributed by atoms with Gasteiger partial charge in [0.2, 0.25) is 0 Å². The molecule has 0 spiro atoms. The predicted octanol–water partition coefficient (Wildman–Crippen LogP) is 23.0. The quantitative estimate of drug-likeness (QED) is 0.00909. The molecule has 20 heteroatoms. The van der Waals surface area contributed by atoms with Crippen molar-refractivity contribution in [1.82, 2.24) is 9.80 Å². The Balaban J connectivity index is 1.15. The average Bonchev–Trinajstić information content (AvgIpc) is 1.53. The van der Waals surface area contributed by atoms with Gasteiger partial charge < -0.3 is 47.4 Å². The monoisotopic (exact) mass is 1660 g/mol. The van der Waals surface area contributed by atoms with Gasteiger partial charge in [0, 0.05) is 43.1 Å². The maximum atomic E-state index is 16.6. The minimum atomic E-state index is -1.52. The molecule has 2 saturated heterocycles. The van der Waals surface area contributed by atoms with Crippen molar-refractivity contribution in [3.05, 3.63) is 166 Å². The van der Waals surface area contributed by atoms with Gasteiger partial charge in [-0.05, 0) is 177 Å². The fraction of sp³-hybridized carbons (Fsp3) is 0.490. The maximum absolute atomic E-state index is 16.6. The minimum absolute atomic E-state index is 0.0367. The van der Waals surface area contributed by atoms with Crippen LogP contribution in [0.25, 0.3) is 43.1 Å². The SMILES string of the molecule is CCCC(C(=O)OCCC(=O)OCC1CO1)N1C(=O)c2cc(Oc3ccc(C(C)(C)CC(C)(C)C)cc3)c3c4c(Oc5ccc(C(C)(C)CC(C)(C)C)cc5)cc5c6c(cc(Oc7ccc(C(C)(C)CC(C)(C)C)cc7)c(c7c(Oc8ccc(C(C)(C)CC(C)(C)C)cc8)cc(c2c37)C1=O)c64)C(=O)N(C(CCC)C(=O)OCCC(=O)OCC1CO1)C5=O. The van der Waals surface area contributed by atoms with Crippen LogP contribution in [0.2, 0.25) is 0 Å². The van der Waals surface area contributed by atoms with Crippen LogP contribution in [0.3, 0.4) is 0 Å². The highest BCUT2D eigenvalue weighted by molar-refractivity contribution is 6.45. The van der Waals surface area contributed by atoms with E-state index in [4.69, 9.17) is 47.4 Å². The van der Waals surface area contributed by atoms with Crippen LogP contribution >= 0.6 is 0 Å². The van der Waals surface area contributed by atoms with Crippen molar-refractivity contribution in [2.45, 2.75) is 262 Å². The molecule has 0 saturated carbocycles. The number of nitrogens with zero attached hydrogens (tertiary/aromatic N) is 2. The first-order chi connectivity index (χ1) is 57.1. The molecule has 0 bridgehead atoms. The lowest BCUT2D eigenvalue weighted by Crippen LogP contribution is -2.51. The zero-order chi connectivity index (χ0) is 88.5. The van der Waals surface area contributed by atoms with E-state index in [0.29, 0.717) is 49.1 Å². The summed E-state index contributed by atoms with van der Waals surface area (Å²) in [4.78, 5) is 124. The van der Waals surface area contributed by atoms with Crippen LogP contribution < -0.4 is 18.9 Å². The number of benzene rings is 9. The number of carbonyl (C=O) groups excluding carboxylic acids is 8. The molecule has 4 atom stereocenters. The van der Waals surface area contributed by atoms with Gasteiger partial charge >= 0.3 is 23.9 Å². The summed E-state index contributed by atoms with van der Waals surface area (Å²) in [5.41, 5.74) is 2.50.